The summed E-state index contributed by atoms with van der Waals surface area (Å²) in [5.74, 6) is 1.98. The summed E-state index contributed by atoms with van der Waals surface area (Å²) in [6.45, 7) is 2.72. The summed E-state index contributed by atoms with van der Waals surface area (Å²) < 4.78 is 17.2. The van der Waals surface area contributed by atoms with Gasteiger partial charge in [-0.05, 0) is 36.8 Å². The Labute approximate surface area is 148 Å². The summed E-state index contributed by atoms with van der Waals surface area (Å²) in [6, 6.07) is 11.3. The van der Waals surface area contributed by atoms with Crippen molar-refractivity contribution in [3.63, 3.8) is 0 Å². The van der Waals surface area contributed by atoms with Gasteiger partial charge >= 0.3 is 0 Å². The number of benzene rings is 2. The molecule has 0 aliphatic carbocycles. The molecule has 1 amide bonds. The summed E-state index contributed by atoms with van der Waals surface area (Å²) in [4.78, 5) is 16.8. The van der Waals surface area contributed by atoms with Gasteiger partial charge in [0.15, 0.2) is 16.6 Å². The zero-order valence-corrected chi connectivity index (χ0v) is 14.4. The van der Waals surface area contributed by atoms with E-state index in [2.05, 4.69) is 10.3 Å². The molecule has 0 radical (unpaired) electrons. The largest absolute Gasteiger partial charge is 0.492 e. The van der Waals surface area contributed by atoms with Crippen LogP contribution in [0, 0.1) is 0 Å². The van der Waals surface area contributed by atoms with E-state index in [1.807, 2.05) is 43.3 Å². The molecule has 6 nitrogen and oxygen atoms in total. The first-order chi connectivity index (χ1) is 12.2. The van der Waals surface area contributed by atoms with E-state index in [9.17, 15) is 4.79 Å². The molecule has 25 heavy (non-hydrogen) atoms. The van der Waals surface area contributed by atoms with Crippen molar-refractivity contribution >= 4 is 32.6 Å². The first-order valence-corrected chi connectivity index (χ1v) is 8.75. The minimum atomic E-state index is -0.129. The molecule has 2 heterocycles. The van der Waals surface area contributed by atoms with Crippen LogP contribution in [0.15, 0.2) is 36.4 Å². The Morgan fingerprint density at radius 1 is 1.28 bits per heavy atom. The summed E-state index contributed by atoms with van der Waals surface area (Å²) in [7, 11) is 0. The third-order valence-corrected chi connectivity index (χ3v) is 4.67. The lowest BCUT2D eigenvalue weighted by Crippen LogP contribution is -2.14. The highest BCUT2D eigenvalue weighted by molar-refractivity contribution is 7.22. The van der Waals surface area contributed by atoms with Crippen LogP contribution >= 0.6 is 11.3 Å². The van der Waals surface area contributed by atoms with Crippen molar-refractivity contribution in [2.45, 2.75) is 13.3 Å². The lowest BCUT2D eigenvalue weighted by Gasteiger charge is -2.03. The van der Waals surface area contributed by atoms with Crippen molar-refractivity contribution < 1.29 is 19.0 Å². The van der Waals surface area contributed by atoms with E-state index >= 15 is 0 Å². The number of hydrogen-bond acceptors (Lipinski definition) is 6. The number of hydrogen-bond donors (Lipinski definition) is 1. The van der Waals surface area contributed by atoms with Gasteiger partial charge in [0.05, 0.1) is 17.7 Å². The predicted octanol–water partition coefficient (Wildman–Crippen LogP) is 3.60. The molecule has 1 aromatic heterocycles. The van der Waals surface area contributed by atoms with Crippen LogP contribution in [-0.2, 0) is 11.2 Å². The fourth-order valence-corrected chi connectivity index (χ4v) is 3.55. The molecule has 0 atom stereocenters. The van der Waals surface area contributed by atoms with Crippen LogP contribution in [0.4, 0.5) is 5.13 Å². The number of anilines is 1. The lowest BCUT2D eigenvalue weighted by atomic mass is 10.1. The third-order valence-electron chi connectivity index (χ3n) is 3.73. The number of carbonyl (C=O) groups is 1. The first kappa shape index (κ1) is 15.7. The van der Waals surface area contributed by atoms with E-state index in [4.69, 9.17) is 14.2 Å². The Bertz CT molecular complexity index is 938. The SMILES string of the molecule is CCOc1cccc2sc(NC(=O)Cc3ccc4c(c3)OCO4)nc12. The first-order valence-electron chi connectivity index (χ1n) is 7.93. The minimum Gasteiger partial charge on any atom is -0.492 e. The molecule has 0 fully saturated rings. The monoisotopic (exact) mass is 356 g/mol. The number of ether oxygens (including phenoxy) is 3. The number of carbonyl (C=O) groups excluding carboxylic acids is 1. The number of amides is 1. The highest BCUT2D eigenvalue weighted by Gasteiger charge is 2.15. The molecule has 0 unspecified atom stereocenters. The summed E-state index contributed by atoms with van der Waals surface area (Å²) in [5.41, 5.74) is 1.63. The van der Waals surface area contributed by atoms with Gasteiger partial charge < -0.3 is 19.5 Å². The Balaban J connectivity index is 1.49. The van der Waals surface area contributed by atoms with Crippen LogP contribution in [0.2, 0.25) is 0 Å². The molecule has 3 aromatic rings. The van der Waals surface area contributed by atoms with Crippen LogP contribution < -0.4 is 19.5 Å². The van der Waals surface area contributed by atoms with Crippen LogP contribution in [0.25, 0.3) is 10.2 Å². The number of aromatic nitrogens is 1. The zero-order chi connectivity index (χ0) is 17.2. The molecule has 128 valence electrons. The van der Waals surface area contributed by atoms with Gasteiger partial charge in [-0.3, -0.25) is 4.79 Å². The van der Waals surface area contributed by atoms with Crippen molar-refractivity contribution in [2.75, 3.05) is 18.7 Å². The summed E-state index contributed by atoms with van der Waals surface area (Å²) >= 11 is 1.43. The van der Waals surface area contributed by atoms with Crippen molar-refractivity contribution in [1.29, 1.82) is 0 Å². The Hall–Kier alpha value is -2.80. The van der Waals surface area contributed by atoms with E-state index in [1.54, 1.807) is 0 Å². The number of nitrogens with zero attached hydrogens (tertiary/aromatic N) is 1. The maximum absolute atomic E-state index is 12.3. The number of para-hydroxylation sites is 1. The second-order valence-corrected chi connectivity index (χ2v) is 6.50. The van der Waals surface area contributed by atoms with Gasteiger partial charge in [-0.15, -0.1) is 0 Å². The van der Waals surface area contributed by atoms with E-state index in [0.29, 0.717) is 23.2 Å². The second-order valence-electron chi connectivity index (χ2n) is 5.47. The van der Waals surface area contributed by atoms with Gasteiger partial charge in [-0.2, -0.15) is 0 Å². The van der Waals surface area contributed by atoms with E-state index in [1.165, 1.54) is 11.3 Å². The molecule has 2 aromatic carbocycles. The average molecular weight is 356 g/mol. The van der Waals surface area contributed by atoms with Crippen LogP contribution in [-0.4, -0.2) is 24.3 Å². The predicted molar refractivity (Wildman–Crippen MR) is 95.7 cm³/mol. The van der Waals surface area contributed by atoms with Crippen molar-refractivity contribution in [2.24, 2.45) is 0 Å². The van der Waals surface area contributed by atoms with Gasteiger partial charge in [-0.1, -0.05) is 23.5 Å². The van der Waals surface area contributed by atoms with Crippen LogP contribution in [0.3, 0.4) is 0 Å². The van der Waals surface area contributed by atoms with E-state index in [0.717, 1.165) is 21.5 Å². The molecule has 1 aliphatic rings. The molecule has 4 rings (SSSR count). The molecule has 0 spiro atoms. The molecule has 7 heteroatoms. The normalized spacial score (nSPS) is 12.4. The quantitative estimate of drug-likeness (QED) is 0.756. The highest BCUT2D eigenvalue weighted by atomic mass is 32.1. The Morgan fingerprint density at radius 2 is 2.16 bits per heavy atom. The summed E-state index contributed by atoms with van der Waals surface area (Å²) in [5, 5.41) is 3.42. The summed E-state index contributed by atoms with van der Waals surface area (Å²) in [6.07, 6.45) is 0.241. The van der Waals surface area contributed by atoms with Crippen LogP contribution in [0.5, 0.6) is 17.2 Å². The maximum atomic E-state index is 12.3. The van der Waals surface area contributed by atoms with Crippen LogP contribution in [0.1, 0.15) is 12.5 Å². The standard InChI is InChI=1S/C18H16N2O4S/c1-2-22-13-4-3-5-15-17(13)20-18(25-15)19-16(21)9-11-6-7-12-14(8-11)24-10-23-12/h3-8H,2,9-10H2,1H3,(H,19,20,21). The highest BCUT2D eigenvalue weighted by Crippen LogP contribution is 2.34. The van der Waals surface area contributed by atoms with E-state index in [-0.39, 0.29) is 19.1 Å². The fourth-order valence-electron chi connectivity index (χ4n) is 2.65. The lowest BCUT2D eigenvalue weighted by molar-refractivity contribution is -0.115. The van der Waals surface area contributed by atoms with Crippen molar-refractivity contribution in [3.05, 3.63) is 42.0 Å². The Morgan fingerprint density at radius 3 is 3.04 bits per heavy atom. The fraction of sp³-hybridized carbons (Fsp3) is 0.222. The number of thiazole rings is 1. The van der Waals surface area contributed by atoms with Gasteiger partial charge in [0.2, 0.25) is 12.7 Å². The number of fused-ring (bicyclic) bond motifs is 2. The zero-order valence-electron chi connectivity index (χ0n) is 13.6. The topological polar surface area (TPSA) is 69.7 Å². The number of rotatable bonds is 5. The smallest absolute Gasteiger partial charge is 0.231 e. The van der Waals surface area contributed by atoms with Gasteiger partial charge in [0.1, 0.15) is 11.3 Å². The third kappa shape index (κ3) is 3.23. The van der Waals surface area contributed by atoms with Gasteiger partial charge in [-0.25, -0.2) is 4.98 Å². The Kier molecular flexibility index (Phi) is 4.15. The number of nitrogens with one attached hydrogen (secondary N) is 1. The molecule has 1 aliphatic heterocycles. The second kappa shape index (κ2) is 6.60. The molecular weight excluding hydrogens is 340 g/mol. The molecular formula is C18H16N2O4S. The van der Waals surface area contributed by atoms with Gasteiger partial charge in [0.25, 0.3) is 0 Å². The molecule has 0 bridgehead atoms. The molecule has 0 saturated carbocycles. The average Bonchev–Trinajstić information content (AvgIpc) is 3.21. The maximum Gasteiger partial charge on any atom is 0.231 e. The van der Waals surface area contributed by atoms with Crippen molar-refractivity contribution in [1.82, 2.24) is 4.98 Å². The van der Waals surface area contributed by atoms with Crippen molar-refractivity contribution in [3.8, 4) is 17.2 Å². The van der Waals surface area contributed by atoms with Gasteiger partial charge in [0, 0.05) is 0 Å². The minimum absolute atomic E-state index is 0.129. The molecule has 1 N–H and O–H groups in total. The van der Waals surface area contributed by atoms with E-state index < -0.39 is 0 Å². The molecule has 0 saturated heterocycles.